The summed E-state index contributed by atoms with van der Waals surface area (Å²) in [4.78, 5) is 24.4. The number of aryl methyl sites for hydroxylation is 1. The van der Waals surface area contributed by atoms with Crippen molar-refractivity contribution in [1.82, 2.24) is 0 Å². The Bertz CT molecular complexity index is 668. The number of amides is 1. The van der Waals surface area contributed by atoms with Gasteiger partial charge in [-0.05, 0) is 49.1 Å². The molecule has 1 amide bonds. The number of anilines is 1. The Morgan fingerprint density at radius 2 is 2.10 bits per heavy atom. The topological polar surface area (TPSA) is 55.4 Å². The summed E-state index contributed by atoms with van der Waals surface area (Å²) < 4.78 is 5.17. The fourth-order valence-electron chi connectivity index (χ4n) is 1.66. The van der Waals surface area contributed by atoms with Gasteiger partial charge in [-0.15, -0.1) is 11.3 Å². The van der Waals surface area contributed by atoms with Crippen molar-refractivity contribution in [2.75, 3.05) is 5.32 Å². The van der Waals surface area contributed by atoms with Crippen LogP contribution in [-0.4, -0.2) is 18.0 Å². The molecule has 1 atom stereocenters. The zero-order chi connectivity index (χ0) is 15.4. The van der Waals surface area contributed by atoms with Gasteiger partial charge in [-0.1, -0.05) is 17.7 Å². The fourth-order valence-corrected chi connectivity index (χ4v) is 2.66. The van der Waals surface area contributed by atoms with Crippen molar-refractivity contribution in [3.8, 4) is 0 Å². The number of carbonyl (C=O) groups excluding carboxylic acids is 2. The van der Waals surface area contributed by atoms with E-state index < -0.39 is 18.0 Å². The lowest BCUT2D eigenvalue weighted by atomic mass is 10.3. The molecule has 6 heteroatoms. The smallest absolute Gasteiger partial charge is 0.349 e. The quantitative estimate of drug-likeness (QED) is 0.868. The van der Waals surface area contributed by atoms with Gasteiger partial charge in [-0.2, -0.15) is 0 Å². The van der Waals surface area contributed by atoms with Crippen LogP contribution in [0.2, 0.25) is 5.02 Å². The van der Waals surface area contributed by atoms with Gasteiger partial charge in [0.15, 0.2) is 6.10 Å². The minimum absolute atomic E-state index is 0.403. The minimum atomic E-state index is -0.891. The van der Waals surface area contributed by atoms with Crippen LogP contribution in [-0.2, 0) is 9.53 Å². The molecule has 21 heavy (non-hydrogen) atoms. The van der Waals surface area contributed by atoms with Gasteiger partial charge < -0.3 is 10.1 Å². The molecule has 2 rings (SSSR count). The molecule has 1 heterocycles. The number of hydrogen-bond acceptors (Lipinski definition) is 4. The largest absolute Gasteiger partial charge is 0.448 e. The Morgan fingerprint density at radius 1 is 1.33 bits per heavy atom. The predicted molar refractivity (Wildman–Crippen MR) is 84.0 cm³/mol. The molecular formula is C15H14ClNO3S. The van der Waals surface area contributed by atoms with Crippen molar-refractivity contribution in [3.63, 3.8) is 0 Å². The number of halogens is 1. The highest BCUT2D eigenvalue weighted by Gasteiger charge is 2.20. The number of rotatable bonds is 4. The van der Waals surface area contributed by atoms with Gasteiger partial charge in [0.05, 0.1) is 0 Å². The normalized spacial score (nSPS) is 11.8. The number of ether oxygens (including phenoxy) is 1. The van der Waals surface area contributed by atoms with Crippen LogP contribution in [0.1, 0.15) is 22.2 Å². The minimum Gasteiger partial charge on any atom is -0.448 e. The Morgan fingerprint density at radius 3 is 2.71 bits per heavy atom. The molecular weight excluding hydrogens is 310 g/mol. The highest BCUT2D eigenvalue weighted by molar-refractivity contribution is 7.12. The summed E-state index contributed by atoms with van der Waals surface area (Å²) in [5.74, 6) is -0.893. The number of nitrogens with one attached hydrogen (secondary N) is 1. The summed E-state index contributed by atoms with van der Waals surface area (Å²) in [5, 5.41) is 4.98. The molecule has 0 aliphatic carbocycles. The summed E-state index contributed by atoms with van der Waals surface area (Å²) in [7, 11) is 0. The van der Waals surface area contributed by atoms with Crippen LogP contribution < -0.4 is 5.32 Å². The van der Waals surface area contributed by atoms with Crippen molar-refractivity contribution < 1.29 is 14.3 Å². The van der Waals surface area contributed by atoms with E-state index in [9.17, 15) is 9.59 Å². The number of benzene rings is 1. The molecule has 110 valence electrons. The Labute approximate surface area is 131 Å². The first-order valence-electron chi connectivity index (χ1n) is 6.29. The highest BCUT2D eigenvalue weighted by Crippen LogP contribution is 2.18. The van der Waals surface area contributed by atoms with E-state index in [0.717, 1.165) is 5.56 Å². The molecule has 1 aromatic heterocycles. The van der Waals surface area contributed by atoms with Crippen molar-refractivity contribution >= 4 is 40.5 Å². The third-order valence-electron chi connectivity index (χ3n) is 2.79. The summed E-state index contributed by atoms with van der Waals surface area (Å²) >= 11 is 7.14. The predicted octanol–water partition coefficient (Wildman–Crippen LogP) is 3.89. The van der Waals surface area contributed by atoms with Gasteiger partial charge in [-0.25, -0.2) is 4.79 Å². The first-order valence-corrected chi connectivity index (χ1v) is 7.54. The average molecular weight is 324 g/mol. The molecule has 1 unspecified atom stereocenters. The van der Waals surface area contributed by atoms with E-state index in [0.29, 0.717) is 15.6 Å². The van der Waals surface area contributed by atoms with E-state index in [1.807, 2.05) is 18.4 Å². The summed E-state index contributed by atoms with van der Waals surface area (Å²) in [6.07, 6.45) is -0.891. The Hall–Kier alpha value is -1.85. The second-order valence-electron chi connectivity index (χ2n) is 4.48. The molecule has 0 bridgehead atoms. The van der Waals surface area contributed by atoms with Gasteiger partial charge in [0.25, 0.3) is 5.91 Å². The third-order valence-corrected chi connectivity index (χ3v) is 4.02. The maximum Gasteiger partial charge on any atom is 0.349 e. The van der Waals surface area contributed by atoms with Gasteiger partial charge >= 0.3 is 5.97 Å². The number of thiophene rings is 1. The van der Waals surface area contributed by atoms with Crippen LogP contribution in [0.3, 0.4) is 0 Å². The van der Waals surface area contributed by atoms with E-state index >= 15 is 0 Å². The van der Waals surface area contributed by atoms with Crippen molar-refractivity contribution in [1.29, 1.82) is 0 Å². The molecule has 4 nitrogen and oxygen atoms in total. The van der Waals surface area contributed by atoms with E-state index in [1.54, 1.807) is 24.3 Å². The lowest BCUT2D eigenvalue weighted by molar-refractivity contribution is -0.123. The van der Waals surface area contributed by atoms with E-state index in [2.05, 4.69) is 5.32 Å². The molecule has 2 aromatic rings. The standard InChI is InChI=1S/C15H14ClNO3S/c1-9-6-7-21-13(9)15(19)20-10(2)14(18)17-12-5-3-4-11(16)8-12/h3-8,10H,1-2H3,(H,17,18). The zero-order valence-corrected chi connectivity index (χ0v) is 13.1. The molecule has 1 N–H and O–H groups in total. The van der Waals surface area contributed by atoms with E-state index in [4.69, 9.17) is 16.3 Å². The lowest BCUT2D eigenvalue weighted by Gasteiger charge is -2.13. The summed E-state index contributed by atoms with van der Waals surface area (Å²) in [5.41, 5.74) is 1.40. The van der Waals surface area contributed by atoms with Crippen LogP contribution in [0.15, 0.2) is 35.7 Å². The fraction of sp³-hybridized carbons (Fsp3) is 0.200. The van der Waals surface area contributed by atoms with Gasteiger partial charge in [0.1, 0.15) is 4.88 Å². The van der Waals surface area contributed by atoms with Crippen LogP contribution in [0.5, 0.6) is 0 Å². The molecule has 0 fully saturated rings. The molecule has 0 saturated carbocycles. The van der Waals surface area contributed by atoms with Gasteiger partial charge in [0.2, 0.25) is 0 Å². The molecule has 0 radical (unpaired) electrons. The van der Waals surface area contributed by atoms with Gasteiger partial charge in [-0.3, -0.25) is 4.79 Å². The van der Waals surface area contributed by atoms with Crippen LogP contribution in [0, 0.1) is 6.92 Å². The van der Waals surface area contributed by atoms with E-state index in [1.165, 1.54) is 18.3 Å². The molecule has 0 aliphatic rings. The van der Waals surface area contributed by atoms with Gasteiger partial charge in [0, 0.05) is 10.7 Å². The second-order valence-corrected chi connectivity index (χ2v) is 5.83. The SMILES string of the molecule is Cc1ccsc1C(=O)OC(C)C(=O)Nc1cccc(Cl)c1. The lowest BCUT2D eigenvalue weighted by Crippen LogP contribution is -2.29. The number of carbonyl (C=O) groups is 2. The first-order chi connectivity index (χ1) is 9.97. The Kier molecular flexibility index (Phi) is 4.98. The highest BCUT2D eigenvalue weighted by atomic mass is 35.5. The second kappa shape index (κ2) is 6.74. The van der Waals surface area contributed by atoms with Crippen LogP contribution >= 0.6 is 22.9 Å². The Balaban J connectivity index is 1.97. The summed E-state index contributed by atoms with van der Waals surface area (Å²) in [6, 6.07) is 8.60. The molecule has 1 aromatic carbocycles. The first kappa shape index (κ1) is 15.5. The molecule has 0 aliphatic heterocycles. The number of esters is 1. The monoisotopic (exact) mass is 323 g/mol. The molecule has 0 spiro atoms. The maximum absolute atomic E-state index is 12.0. The maximum atomic E-state index is 12.0. The zero-order valence-electron chi connectivity index (χ0n) is 11.6. The third kappa shape index (κ3) is 4.06. The molecule has 0 saturated heterocycles. The van der Waals surface area contributed by atoms with Crippen LogP contribution in [0.4, 0.5) is 5.69 Å². The average Bonchev–Trinajstić information content (AvgIpc) is 2.85. The van der Waals surface area contributed by atoms with Crippen molar-refractivity contribution in [3.05, 3.63) is 51.2 Å². The summed E-state index contributed by atoms with van der Waals surface area (Å²) in [6.45, 7) is 3.35. The van der Waals surface area contributed by atoms with Crippen molar-refractivity contribution in [2.24, 2.45) is 0 Å². The van der Waals surface area contributed by atoms with E-state index in [-0.39, 0.29) is 0 Å². The number of hydrogen-bond donors (Lipinski definition) is 1. The van der Waals surface area contributed by atoms with Crippen molar-refractivity contribution in [2.45, 2.75) is 20.0 Å². The van der Waals surface area contributed by atoms with Crippen LogP contribution in [0.25, 0.3) is 0 Å².